The number of para-hydroxylation sites is 1. The molecule has 2 aromatic carbocycles. The largest absolute Gasteiger partial charge is 0.338 e. The monoisotopic (exact) mass is 303 g/mol. The average molecular weight is 303 g/mol. The number of hydrogen-bond donors (Lipinski definition) is 1. The minimum Gasteiger partial charge on any atom is -0.338 e. The van der Waals surface area contributed by atoms with Crippen LogP contribution in [0.5, 0.6) is 0 Å². The minimum absolute atomic E-state index is 0.0670. The van der Waals surface area contributed by atoms with E-state index in [1.807, 2.05) is 0 Å². The van der Waals surface area contributed by atoms with Crippen molar-refractivity contribution in [3.05, 3.63) is 64.2 Å². The number of anilines is 1. The van der Waals surface area contributed by atoms with Gasteiger partial charge in [-0.05, 0) is 12.1 Å². The molecule has 0 amide bonds. The number of amidine groups is 1. The summed E-state index contributed by atoms with van der Waals surface area (Å²) < 4.78 is 27.9. The van der Waals surface area contributed by atoms with Gasteiger partial charge in [-0.25, -0.2) is 0 Å². The first-order chi connectivity index (χ1) is 9.97. The zero-order valence-electron chi connectivity index (χ0n) is 10.6. The molecule has 3 rings (SSSR count). The molecule has 0 aromatic heterocycles. The van der Waals surface area contributed by atoms with E-state index >= 15 is 0 Å². The molecule has 8 heteroatoms. The van der Waals surface area contributed by atoms with Gasteiger partial charge in [-0.15, -0.1) is 4.40 Å². The van der Waals surface area contributed by atoms with Crippen LogP contribution in [0.1, 0.15) is 5.56 Å². The van der Waals surface area contributed by atoms with Gasteiger partial charge in [0, 0.05) is 17.7 Å². The van der Waals surface area contributed by atoms with Gasteiger partial charge in [-0.2, -0.15) is 8.42 Å². The maximum Gasteiger partial charge on any atom is 0.286 e. The summed E-state index contributed by atoms with van der Waals surface area (Å²) in [5.41, 5.74) is 0.601. The number of hydrogen-bond acceptors (Lipinski definition) is 5. The molecule has 1 aliphatic heterocycles. The highest BCUT2D eigenvalue weighted by Crippen LogP contribution is 2.28. The molecule has 0 radical (unpaired) electrons. The van der Waals surface area contributed by atoms with E-state index < -0.39 is 14.9 Å². The molecule has 1 aliphatic rings. The van der Waals surface area contributed by atoms with Gasteiger partial charge in [0.15, 0.2) is 5.84 Å². The highest BCUT2D eigenvalue weighted by Gasteiger charge is 2.25. The summed E-state index contributed by atoms with van der Waals surface area (Å²) in [5.74, 6) is 0.0670. The van der Waals surface area contributed by atoms with Gasteiger partial charge in [0.25, 0.3) is 15.7 Å². The minimum atomic E-state index is -3.82. The van der Waals surface area contributed by atoms with Gasteiger partial charge in [0.05, 0.1) is 10.6 Å². The Labute approximate surface area is 120 Å². The Balaban J connectivity index is 2.12. The molecule has 7 nitrogen and oxygen atoms in total. The lowest BCUT2D eigenvalue weighted by atomic mass is 10.1. The summed E-state index contributed by atoms with van der Waals surface area (Å²) in [5, 5.41) is 13.7. The zero-order chi connectivity index (χ0) is 15.0. The van der Waals surface area contributed by atoms with Crippen molar-refractivity contribution < 1.29 is 13.3 Å². The van der Waals surface area contributed by atoms with Crippen LogP contribution in [0.4, 0.5) is 11.4 Å². The van der Waals surface area contributed by atoms with Gasteiger partial charge in [-0.3, -0.25) is 10.1 Å². The van der Waals surface area contributed by atoms with Crippen molar-refractivity contribution in [2.75, 3.05) is 5.32 Å². The lowest BCUT2D eigenvalue weighted by molar-refractivity contribution is -0.384. The number of benzene rings is 2. The predicted octanol–water partition coefficient (Wildman–Crippen LogP) is 2.16. The van der Waals surface area contributed by atoms with Gasteiger partial charge in [0.1, 0.15) is 4.90 Å². The zero-order valence-corrected chi connectivity index (χ0v) is 11.4. The molecule has 1 N–H and O–H groups in total. The summed E-state index contributed by atoms with van der Waals surface area (Å²) in [6.45, 7) is 0. The molecule has 106 valence electrons. The quantitative estimate of drug-likeness (QED) is 0.676. The topological polar surface area (TPSA) is 102 Å². The number of nitrogens with zero attached hydrogens (tertiary/aromatic N) is 2. The molecular weight excluding hydrogens is 294 g/mol. The first-order valence-corrected chi connectivity index (χ1v) is 7.37. The Kier molecular flexibility index (Phi) is 2.95. The smallest absolute Gasteiger partial charge is 0.286 e. The number of sulfonamides is 1. The lowest BCUT2D eigenvalue weighted by Crippen LogP contribution is -2.22. The Bertz CT molecular complexity index is 874. The van der Waals surface area contributed by atoms with E-state index in [4.69, 9.17) is 0 Å². The Morgan fingerprint density at radius 2 is 1.86 bits per heavy atom. The molecule has 0 aliphatic carbocycles. The van der Waals surface area contributed by atoms with E-state index in [9.17, 15) is 18.5 Å². The van der Waals surface area contributed by atoms with Crippen LogP contribution in [-0.2, 0) is 10.0 Å². The van der Waals surface area contributed by atoms with Gasteiger partial charge >= 0.3 is 0 Å². The van der Waals surface area contributed by atoms with E-state index in [0.29, 0.717) is 11.3 Å². The Morgan fingerprint density at radius 1 is 1.10 bits per heavy atom. The third-order valence-electron chi connectivity index (χ3n) is 2.96. The first kappa shape index (κ1) is 13.3. The molecule has 0 fully saturated rings. The number of rotatable bonds is 2. The standard InChI is InChI=1S/C13H9N3O4S/c17-16(18)10-5-3-4-9(8-10)13-14-11-6-1-2-7-12(11)21(19,20)15-13/h1-8H,(H,14,15). The van der Waals surface area contributed by atoms with Crippen LogP contribution in [0.3, 0.4) is 0 Å². The van der Waals surface area contributed by atoms with Gasteiger partial charge in [0.2, 0.25) is 0 Å². The molecule has 2 aromatic rings. The summed E-state index contributed by atoms with van der Waals surface area (Å²) >= 11 is 0. The van der Waals surface area contributed by atoms with Crippen LogP contribution in [0, 0.1) is 10.1 Å². The second-order valence-corrected chi connectivity index (χ2v) is 5.92. The highest BCUT2D eigenvalue weighted by molar-refractivity contribution is 7.90. The predicted molar refractivity (Wildman–Crippen MR) is 76.9 cm³/mol. The van der Waals surface area contributed by atoms with E-state index in [1.165, 1.54) is 24.3 Å². The number of nitro groups is 1. The van der Waals surface area contributed by atoms with E-state index in [0.717, 1.165) is 0 Å². The van der Waals surface area contributed by atoms with Crippen LogP contribution >= 0.6 is 0 Å². The van der Waals surface area contributed by atoms with E-state index in [1.54, 1.807) is 24.3 Å². The van der Waals surface area contributed by atoms with Crippen LogP contribution < -0.4 is 5.32 Å². The fraction of sp³-hybridized carbons (Fsp3) is 0. The molecule has 1 heterocycles. The Hall–Kier alpha value is -2.74. The van der Waals surface area contributed by atoms with Crippen LogP contribution in [0.2, 0.25) is 0 Å². The molecule has 0 atom stereocenters. The number of non-ortho nitro benzene ring substituents is 1. The fourth-order valence-corrected chi connectivity index (χ4v) is 3.14. The van der Waals surface area contributed by atoms with E-state index in [2.05, 4.69) is 9.71 Å². The average Bonchev–Trinajstić information content (AvgIpc) is 2.46. The summed E-state index contributed by atoms with van der Waals surface area (Å²) in [6, 6.07) is 12.0. The van der Waals surface area contributed by atoms with Crippen molar-refractivity contribution in [2.24, 2.45) is 4.40 Å². The van der Waals surface area contributed by atoms with Crippen molar-refractivity contribution >= 4 is 27.2 Å². The van der Waals surface area contributed by atoms with Crippen molar-refractivity contribution in [1.29, 1.82) is 0 Å². The second-order valence-electron chi connectivity index (χ2n) is 4.34. The van der Waals surface area contributed by atoms with Crippen LogP contribution in [0.15, 0.2) is 57.8 Å². The first-order valence-electron chi connectivity index (χ1n) is 5.93. The molecule has 0 bridgehead atoms. The normalized spacial score (nSPS) is 15.5. The van der Waals surface area contributed by atoms with E-state index in [-0.39, 0.29) is 16.4 Å². The maximum atomic E-state index is 12.1. The molecule has 21 heavy (non-hydrogen) atoms. The molecule has 0 spiro atoms. The number of fused-ring (bicyclic) bond motifs is 1. The van der Waals surface area contributed by atoms with Gasteiger partial charge in [-0.1, -0.05) is 24.3 Å². The molecular formula is C13H9N3O4S. The van der Waals surface area contributed by atoms with Gasteiger partial charge < -0.3 is 5.32 Å². The SMILES string of the molecule is O=[N+]([O-])c1cccc(C2=NS(=O)(=O)c3ccccc3N2)c1. The molecule has 0 saturated heterocycles. The Morgan fingerprint density at radius 3 is 2.62 bits per heavy atom. The number of nitro benzene ring substituents is 1. The fourth-order valence-electron chi connectivity index (χ4n) is 2.01. The summed E-state index contributed by atoms with van der Waals surface area (Å²) in [4.78, 5) is 10.3. The second kappa shape index (κ2) is 4.67. The highest BCUT2D eigenvalue weighted by atomic mass is 32.2. The van der Waals surface area contributed by atoms with Crippen LogP contribution in [0.25, 0.3) is 0 Å². The van der Waals surface area contributed by atoms with Crippen molar-refractivity contribution in [1.82, 2.24) is 0 Å². The third kappa shape index (κ3) is 2.36. The summed E-state index contributed by atoms with van der Waals surface area (Å²) in [7, 11) is -3.82. The molecule has 0 saturated carbocycles. The number of nitrogens with one attached hydrogen (secondary N) is 1. The third-order valence-corrected chi connectivity index (χ3v) is 4.29. The van der Waals surface area contributed by atoms with Crippen molar-refractivity contribution in [2.45, 2.75) is 4.90 Å². The van der Waals surface area contributed by atoms with Crippen LogP contribution in [-0.4, -0.2) is 19.2 Å². The van der Waals surface area contributed by atoms with Crippen molar-refractivity contribution in [3.63, 3.8) is 0 Å². The summed E-state index contributed by atoms with van der Waals surface area (Å²) in [6.07, 6.45) is 0. The van der Waals surface area contributed by atoms with Crippen molar-refractivity contribution in [3.8, 4) is 0 Å². The lowest BCUT2D eigenvalue weighted by Gasteiger charge is -2.17. The molecule has 0 unspecified atom stereocenters. The maximum absolute atomic E-state index is 12.1.